The predicted octanol–water partition coefficient (Wildman–Crippen LogP) is 3.57. The Labute approximate surface area is 130 Å². The van der Waals surface area contributed by atoms with Crippen molar-refractivity contribution in [2.45, 2.75) is 31.8 Å². The molecule has 4 nitrogen and oxygen atoms in total. The van der Waals surface area contributed by atoms with Gasteiger partial charge in [-0.2, -0.15) is 0 Å². The van der Waals surface area contributed by atoms with Gasteiger partial charge in [0, 0.05) is 30.5 Å². The lowest BCUT2D eigenvalue weighted by Crippen LogP contribution is -2.20. The Balaban J connectivity index is 0.000000690. The van der Waals surface area contributed by atoms with E-state index in [1.54, 1.807) is 0 Å². The summed E-state index contributed by atoms with van der Waals surface area (Å²) in [5.74, 6) is -0.245. The molecule has 0 amide bonds. The number of hydrogen-bond donors (Lipinski definition) is 0. The molecule has 0 aromatic heterocycles. The van der Waals surface area contributed by atoms with E-state index >= 15 is 0 Å². The SMILES string of the molecule is CCO[C@H](CF)COSc1ccc(C)cc1.COC(C)=O. The number of hydrogen-bond acceptors (Lipinski definition) is 5. The van der Waals surface area contributed by atoms with Crippen LogP contribution >= 0.6 is 12.0 Å². The Morgan fingerprint density at radius 1 is 1.33 bits per heavy atom. The Kier molecular flexibility index (Phi) is 12.0. The second kappa shape index (κ2) is 12.6. The Bertz CT molecular complexity index is 384. The Morgan fingerprint density at radius 3 is 2.33 bits per heavy atom. The first-order chi connectivity index (χ1) is 10.0. The van der Waals surface area contributed by atoms with E-state index in [-0.39, 0.29) is 12.6 Å². The summed E-state index contributed by atoms with van der Waals surface area (Å²) < 4.78 is 27.0. The van der Waals surface area contributed by atoms with Crippen molar-refractivity contribution in [3.05, 3.63) is 29.8 Å². The Hall–Kier alpha value is -1.11. The van der Waals surface area contributed by atoms with E-state index in [0.29, 0.717) is 6.61 Å². The summed E-state index contributed by atoms with van der Waals surface area (Å²) in [5, 5.41) is 0. The smallest absolute Gasteiger partial charge is 0.302 e. The van der Waals surface area contributed by atoms with Gasteiger partial charge in [-0.25, -0.2) is 4.39 Å². The van der Waals surface area contributed by atoms with Gasteiger partial charge in [-0.15, -0.1) is 0 Å². The van der Waals surface area contributed by atoms with Crippen LogP contribution in [0.3, 0.4) is 0 Å². The molecule has 0 aliphatic heterocycles. The van der Waals surface area contributed by atoms with Crippen molar-refractivity contribution in [3.8, 4) is 0 Å². The lowest BCUT2D eigenvalue weighted by Gasteiger charge is -2.12. The van der Waals surface area contributed by atoms with Gasteiger partial charge in [0.1, 0.15) is 12.8 Å². The Morgan fingerprint density at radius 2 is 1.90 bits per heavy atom. The zero-order valence-corrected chi connectivity index (χ0v) is 13.7. The summed E-state index contributed by atoms with van der Waals surface area (Å²) in [6.07, 6.45) is -0.456. The van der Waals surface area contributed by atoms with Gasteiger partial charge in [0.2, 0.25) is 0 Å². The van der Waals surface area contributed by atoms with Gasteiger partial charge in [0.05, 0.1) is 13.7 Å². The first kappa shape index (κ1) is 19.9. The van der Waals surface area contributed by atoms with Crippen molar-refractivity contribution in [1.29, 1.82) is 0 Å². The molecule has 1 aromatic carbocycles. The second-order valence-electron chi connectivity index (χ2n) is 4.11. The highest BCUT2D eigenvalue weighted by molar-refractivity contribution is 7.94. The zero-order chi connectivity index (χ0) is 16.1. The molecule has 0 fully saturated rings. The van der Waals surface area contributed by atoms with E-state index in [9.17, 15) is 9.18 Å². The van der Waals surface area contributed by atoms with Crippen LogP contribution in [0.15, 0.2) is 29.2 Å². The molecule has 1 aromatic rings. The van der Waals surface area contributed by atoms with Crippen molar-refractivity contribution < 1.29 is 22.8 Å². The molecule has 1 atom stereocenters. The van der Waals surface area contributed by atoms with E-state index in [2.05, 4.69) is 4.74 Å². The fraction of sp³-hybridized carbons (Fsp3) is 0.533. The first-order valence-corrected chi connectivity index (χ1v) is 7.35. The zero-order valence-electron chi connectivity index (χ0n) is 12.9. The summed E-state index contributed by atoms with van der Waals surface area (Å²) >= 11 is 1.25. The summed E-state index contributed by atoms with van der Waals surface area (Å²) in [5.41, 5.74) is 1.21. The van der Waals surface area contributed by atoms with Gasteiger partial charge >= 0.3 is 5.97 Å². The molecule has 0 radical (unpaired) electrons. The molecule has 0 spiro atoms. The number of ether oxygens (including phenoxy) is 2. The topological polar surface area (TPSA) is 44.8 Å². The van der Waals surface area contributed by atoms with E-state index < -0.39 is 12.8 Å². The highest BCUT2D eigenvalue weighted by atomic mass is 32.2. The maximum Gasteiger partial charge on any atom is 0.302 e. The highest BCUT2D eigenvalue weighted by Gasteiger charge is 2.08. The van der Waals surface area contributed by atoms with Crippen LogP contribution in [0.5, 0.6) is 0 Å². The van der Waals surface area contributed by atoms with Gasteiger partial charge in [0.15, 0.2) is 0 Å². The van der Waals surface area contributed by atoms with Crippen LogP contribution < -0.4 is 0 Å². The number of esters is 1. The minimum atomic E-state index is -0.512. The molecular formula is C15H23FO4S. The van der Waals surface area contributed by atoms with Gasteiger partial charge in [-0.1, -0.05) is 17.7 Å². The lowest BCUT2D eigenvalue weighted by atomic mass is 10.2. The fourth-order valence-corrected chi connectivity index (χ4v) is 1.75. The molecule has 6 heteroatoms. The maximum absolute atomic E-state index is 12.4. The number of halogens is 1. The number of aryl methyl sites for hydroxylation is 1. The molecule has 0 aliphatic carbocycles. The molecule has 0 aliphatic rings. The highest BCUT2D eigenvalue weighted by Crippen LogP contribution is 2.19. The normalized spacial score (nSPS) is 11.3. The summed E-state index contributed by atoms with van der Waals surface area (Å²) in [7, 11) is 1.35. The predicted molar refractivity (Wildman–Crippen MR) is 82.1 cm³/mol. The molecular weight excluding hydrogens is 295 g/mol. The largest absolute Gasteiger partial charge is 0.469 e. The van der Waals surface area contributed by atoms with E-state index in [4.69, 9.17) is 8.92 Å². The number of methoxy groups -OCH3 is 1. The molecule has 0 unspecified atom stereocenters. The first-order valence-electron chi connectivity index (χ1n) is 6.61. The average molecular weight is 318 g/mol. The molecule has 0 saturated heterocycles. The van der Waals surface area contributed by atoms with Crippen molar-refractivity contribution in [1.82, 2.24) is 0 Å². The molecule has 0 heterocycles. The third-order valence-corrected chi connectivity index (χ3v) is 3.01. The minimum Gasteiger partial charge on any atom is -0.469 e. The summed E-state index contributed by atoms with van der Waals surface area (Å²) in [6, 6.07) is 7.98. The van der Waals surface area contributed by atoms with E-state index in [0.717, 1.165) is 4.90 Å². The van der Waals surface area contributed by atoms with Gasteiger partial charge < -0.3 is 13.7 Å². The third kappa shape index (κ3) is 11.2. The van der Waals surface area contributed by atoms with Crippen LogP contribution in [0, 0.1) is 6.92 Å². The molecule has 120 valence electrons. The number of rotatable bonds is 7. The van der Waals surface area contributed by atoms with E-state index in [1.807, 2.05) is 38.1 Å². The quantitative estimate of drug-likeness (QED) is 0.568. The van der Waals surface area contributed by atoms with Crippen molar-refractivity contribution in [2.75, 3.05) is 27.0 Å². The van der Waals surface area contributed by atoms with Crippen LogP contribution in [-0.4, -0.2) is 39.1 Å². The number of carbonyl (C=O) groups is 1. The van der Waals surface area contributed by atoms with Crippen LogP contribution in [0.4, 0.5) is 4.39 Å². The standard InChI is InChI=1S/C12H17FO2S.C3H6O2/c1-3-14-11(8-13)9-15-16-12-6-4-10(2)5-7-12;1-3(4)5-2/h4-7,11H,3,8-9H2,1-2H3;1-2H3/t11-;/m1./s1. The van der Waals surface area contributed by atoms with Gasteiger partial charge in [-0.05, 0) is 26.0 Å². The number of alkyl halides is 1. The van der Waals surface area contributed by atoms with Gasteiger partial charge in [0.25, 0.3) is 0 Å². The molecule has 21 heavy (non-hydrogen) atoms. The third-order valence-electron chi connectivity index (χ3n) is 2.29. The summed E-state index contributed by atoms with van der Waals surface area (Å²) in [6.45, 7) is 5.50. The minimum absolute atomic E-state index is 0.245. The number of carbonyl (C=O) groups excluding carboxylic acids is 1. The fourth-order valence-electron chi connectivity index (χ4n) is 1.14. The van der Waals surface area contributed by atoms with Crippen molar-refractivity contribution >= 4 is 18.0 Å². The van der Waals surface area contributed by atoms with Crippen molar-refractivity contribution in [3.63, 3.8) is 0 Å². The summed E-state index contributed by atoms with van der Waals surface area (Å²) in [4.78, 5) is 10.6. The number of benzene rings is 1. The molecule has 0 bridgehead atoms. The second-order valence-corrected chi connectivity index (χ2v) is 4.98. The van der Waals surface area contributed by atoms with Crippen LogP contribution in [0.1, 0.15) is 19.4 Å². The molecule has 0 saturated carbocycles. The monoisotopic (exact) mass is 318 g/mol. The van der Waals surface area contributed by atoms with Crippen LogP contribution in [-0.2, 0) is 18.5 Å². The maximum atomic E-state index is 12.4. The molecule has 1 rings (SSSR count). The lowest BCUT2D eigenvalue weighted by molar-refractivity contribution is -0.137. The van der Waals surface area contributed by atoms with E-state index in [1.165, 1.54) is 31.6 Å². The average Bonchev–Trinajstić information content (AvgIpc) is 2.49. The van der Waals surface area contributed by atoms with Crippen LogP contribution in [0.2, 0.25) is 0 Å². The van der Waals surface area contributed by atoms with Crippen LogP contribution in [0.25, 0.3) is 0 Å². The van der Waals surface area contributed by atoms with Crippen molar-refractivity contribution in [2.24, 2.45) is 0 Å². The van der Waals surface area contributed by atoms with Gasteiger partial charge in [-0.3, -0.25) is 4.79 Å². The molecule has 0 N–H and O–H groups in total.